The maximum absolute atomic E-state index is 12.9. The molecule has 1 fully saturated rings. The molecule has 31 heavy (non-hydrogen) atoms. The number of hydrogen-bond donors (Lipinski definition) is 1. The zero-order chi connectivity index (χ0) is 21.2. The number of aromatic nitrogens is 3. The first-order valence-corrected chi connectivity index (χ1v) is 9.98. The highest BCUT2D eigenvalue weighted by Gasteiger charge is 2.19. The number of carbonyl (C=O) groups is 1. The molecule has 0 aliphatic carbocycles. The van der Waals surface area contributed by atoms with E-state index in [0.29, 0.717) is 11.5 Å². The van der Waals surface area contributed by atoms with Crippen LogP contribution in [-0.4, -0.2) is 46.7 Å². The number of rotatable bonds is 4. The van der Waals surface area contributed by atoms with E-state index in [0.717, 1.165) is 26.2 Å². The van der Waals surface area contributed by atoms with E-state index in [4.69, 9.17) is 4.42 Å². The number of piperazine rings is 1. The number of anilines is 3. The van der Waals surface area contributed by atoms with Crippen molar-refractivity contribution in [1.82, 2.24) is 14.6 Å². The van der Waals surface area contributed by atoms with Gasteiger partial charge in [-0.3, -0.25) is 9.59 Å². The average molecular weight is 416 g/mol. The van der Waals surface area contributed by atoms with Crippen LogP contribution in [-0.2, 0) is 0 Å². The molecule has 0 radical (unpaired) electrons. The Morgan fingerprint density at radius 3 is 2.45 bits per heavy atom. The molecule has 0 unspecified atom stereocenters. The smallest absolute Gasteiger partial charge is 0.298 e. The Labute approximate surface area is 177 Å². The lowest BCUT2D eigenvalue weighted by atomic mass is 10.2. The summed E-state index contributed by atoms with van der Waals surface area (Å²) >= 11 is 0. The minimum atomic E-state index is -0.517. The lowest BCUT2D eigenvalue weighted by Gasteiger charge is -2.36. The van der Waals surface area contributed by atoms with Gasteiger partial charge in [0, 0.05) is 31.9 Å². The quantitative estimate of drug-likeness (QED) is 0.545. The minimum absolute atomic E-state index is 0.0393. The third-order valence-electron chi connectivity index (χ3n) is 5.27. The molecule has 5 rings (SSSR count). The largest absolute Gasteiger partial charge is 0.459 e. The van der Waals surface area contributed by atoms with E-state index >= 15 is 0 Å². The minimum Gasteiger partial charge on any atom is -0.459 e. The Balaban J connectivity index is 1.36. The second kappa shape index (κ2) is 7.94. The summed E-state index contributed by atoms with van der Waals surface area (Å²) in [7, 11) is 0. The van der Waals surface area contributed by atoms with Crippen molar-refractivity contribution < 1.29 is 9.21 Å². The van der Waals surface area contributed by atoms with Crippen molar-refractivity contribution >= 4 is 28.7 Å². The van der Waals surface area contributed by atoms with Crippen molar-refractivity contribution in [2.24, 2.45) is 0 Å². The normalized spacial score (nSPS) is 14.1. The maximum atomic E-state index is 12.9. The van der Waals surface area contributed by atoms with Crippen LogP contribution in [0.1, 0.15) is 10.6 Å². The molecule has 1 aliphatic rings. The third kappa shape index (κ3) is 3.73. The van der Waals surface area contributed by atoms with Gasteiger partial charge in [-0.25, -0.2) is 4.98 Å². The van der Waals surface area contributed by atoms with E-state index in [9.17, 15) is 9.59 Å². The van der Waals surface area contributed by atoms with Crippen LogP contribution < -0.4 is 20.7 Å². The van der Waals surface area contributed by atoms with Crippen LogP contribution in [0.25, 0.3) is 5.65 Å². The number of para-hydroxylation sites is 1. The van der Waals surface area contributed by atoms with Crippen molar-refractivity contribution in [1.29, 1.82) is 0 Å². The van der Waals surface area contributed by atoms with Gasteiger partial charge >= 0.3 is 0 Å². The van der Waals surface area contributed by atoms with Crippen LogP contribution >= 0.6 is 0 Å². The summed E-state index contributed by atoms with van der Waals surface area (Å²) in [5.74, 6) is 0.290. The topological polar surface area (TPSA) is 96.0 Å². The highest BCUT2D eigenvalue weighted by Crippen LogP contribution is 2.19. The fourth-order valence-electron chi connectivity index (χ4n) is 3.63. The molecule has 9 nitrogen and oxygen atoms in total. The summed E-state index contributed by atoms with van der Waals surface area (Å²) in [6.07, 6.45) is 2.73. The molecule has 3 aromatic heterocycles. The molecule has 1 aliphatic heterocycles. The molecule has 1 amide bonds. The standard InChI is InChI=1S/C22H20N6O3/c29-21(18-7-4-14-31-18)24-17-15-23-19-8-9-20(25-28(19)22(17)30)27-12-10-26(11-13-27)16-5-2-1-3-6-16/h1-9,14-15H,10-13H2,(H,24,29). The molecule has 156 valence electrons. The molecular weight excluding hydrogens is 396 g/mol. The molecule has 1 aromatic carbocycles. The summed E-state index contributed by atoms with van der Waals surface area (Å²) in [6.45, 7) is 3.28. The summed E-state index contributed by atoms with van der Waals surface area (Å²) < 4.78 is 6.29. The fourth-order valence-corrected chi connectivity index (χ4v) is 3.63. The lowest BCUT2D eigenvalue weighted by Crippen LogP contribution is -2.47. The molecule has 4 heterocycles. The van der Waals surface area contributed by atoms with E-state index in [1.807, 2.05) is 24.3 Å². The van der Waals surface area contributed by atoms with Gasteiger partial charge in [-0.15, -0.1) is 5.10 Å². The third-order valence-corrected chi connectivity index (χ3v) is 5.27. The molecule has 1 N–H and O–H groups in total. The predicted octanol–water partition coefficient (Wildman–Crippen LogP) is 2.26. The molecule has 9 heteroatoms. The number of furan rings is 1. The SMILES string of the molecule is O=C(Nc1cnc2ccc(N3CCN(c4ccccc4)CC3)nn2c1=O)c1ccco1. The van der Waals surface area contributed by atoms with Gasteiger partial charge in [0.15, 0.2) is 11.4 Å². The molecule has 0 bridgehead atoms. The monoisotopic (exact) mass is 416 g/mol. The van der Waals surface area contributed by atoms with Crippen molar-refractivity contribution in [3.8, 4) is 0 Å². The van der Waals surface area contributed by atoms with Crippen molar-refractivity contribution in [2.45, 2.75) is 0 Å². The maximum Gasteiger partial charge on any atom is 0.298 e. The number of nitrogens with zero attached hydrogens (tertiary/aromatic N) is 5. The van der Waals surface area contributed by atoms with E-state index in [2.05, 4.69) is 37.3 Å². The Kier molecular flexibility index (Phi) is 4.83. The van der Waals surface area contributed by atoms with Crippen molar-refractivity contribution in [3.05, 3.63) is 83.2 Å². The van der Waals surface area contributed by atoms with E-state index in [-0.39, 0.29) is 11.4 Å². The number of amides is 1. The van der Waals surface area contributed by atoms with E-state index in [1.54, 1.807) is 12.1 Å². The van der Waals surface area contributed by atoms with Gasteiger partial charge in [0.05, 0.1) is 12.5 Å². The average Bonchev–Trinajstić information content (AvgIpc) is 3.37. The van der Waals surface area contributed by atoms with Crippen LogP contribution in [0.4, 0.5) is 17.2 Å². The first-order chi connectivity index (χ1) is 15.2. The van der Waals surface area contributed by atoms with Crippen LogP contribution in [0, 0.1) is 0 Å². The van der Waals surface area contributed by atoms with Crippen LogP contribution in [0.5, 0.6) is 0 Å². The fraction of sp³-hybridized carbons (Fsp3) is 0.182. The second-order valence-electron chi connectivity index (χ2n) is 7.18. The number of hydrogen-bond acceptors (Lipinski definition) is 7. The van der Waals surface area contributed by atoms with E-state index < -0.39 is 11.5 Å². The second-order valence-corrected chi connectivity index (χ2v) is 7.18. The Morgan fingerprint density at radius 2 is 1.71 bits per heavy atom. The van der Waals surface area contributed by atoms with Crippen LogP contribution in [0.3, 0.4) is 0 Å². The van der Waals surface area contributed by atoms with Gasteiger partial charge in [0.1, 0.15) is 11.5 Å². The van der Waals surface area contributed by atoms with Gasteiger partial charge in [0.2, 0.25) is 0 Å². The summed E-state index contributed by atoms with van der Waals surface area (Å²) in [4.78, 5) is 33.8. The zero-order valence-corrected chi connectivity index (χ0v) is 16.6. The number of carbonyl (C=O) groups excluding carboxylic acids is 1. The first kappa shape index (κ1) is 18.9. The predicted molar refractivity (Wildman–Crippen MR) is 117 cm³/mol. The highest BCUT2D eigenvalue weighted by atomic mass is 16.3. The number of benzene rings is 1. The van der Waals surface area contributed by atoms with Crippen molar-refractivity contribution in [2.75, 3.05) is 41.3 Å². The summed E-state index contributed by atoms with van der Waals surface area (Å²) in [5, 5.41) is 7.04. The zero-order valence-electron chi connectivity index (χ0n) is 16.6. The number of nitrogens with one attached hydrogen (secondary N) is 1. The molecule has 1 saturated heterocycles. The molecular formula is C22H20N6O3. The lowest BCUT2D eigenvalue weighted by molar-refractivity contribution is 0.0996. The molecule has 0 atom stereocenters. The van der Waals surface area contributed by atoms with Crippen LogP contribution in [0.2, 0.25) is 0 Å². The Bertz CT molecular complexity index is 1260. The van der Waals surface area contributed by atoms with Gasteiger partial charge in [-0.2, -0.15) is 4.52 Å². The number of fused-ring (bicyclic) bond motifs is 1. The van der Waals surface area contributed by atoms with Crippen LogP contribution in [0.15, 0.2) is 76.3 Å². The van der Waals surface area contributed by atoms with E-state index in [1.165, 1.54) is 28.7 Å². The molecule has 0 saturated carbocycles. The van der Waals surface area contributed by atoms with Crippen molar-refractivity contribution in [3.63, 3.8) is 0 Å². The van der Waals surface area contributed by atoms with Gasteiger partial charge in [-0.1, -0.05) is 18.2 Å². The first-order valence-electron chi connectivity index (χ1n) is 9.98. The summed E-state index contributed by atoms with van der Waals surface area (Å²) in [6, 6.07) is 17.0. The van der Waals surface area contributed by atoms with Gasteiger partial charge in [0.25, 0.3) is 11.5 Å². The summed E-state index contributed by atoms with van der Waals surface area (Å²) in [5.41, 5.74) is 1.20. The molecule has 4 aromatic rings. The highest BCUT2D eigenvalue weighted by molar-refractivity contribution is 6.02. The Hall–Kier alpha value is -4.14. The molecule has 0 spiro atoms. The Morgan fingerprint density at radius 1 is 0.935 bits per heavy atom. The van der Waals surface area contributed by atoms with Gasteiger partial charge < -0.3 is 19.5 Å². The van der Waals surface area contributed by atoms with Gasteiger partial charge in [-0.05, 0) is 36.4 Å².